The Balaban J connectivity index is 1.61. The number of nitrogens with one attached hydrogen (secondary N) is 1. The molecule has 0 aliphatic rings. The minimum Gasteiger partial charge on any atom is -0.305 e. The summed E-state index contributed by atoms with van der Waals surface area (Å²) in [6.07, 6.45) is 4.64. The number of benzene rings is 2. The smallest absolute Gasteiger partial charge is 0.305 e. The Kier molecular flexibility index (Phi) is 5.95. The highest BCUT2D eigenvalue weighted by atomic mass is 35.6. The number of fused-ring (bicyclic) bond motifs is 1. The van der Waals surface area contributed by atoms with Gasteiger partial charge in [0, 0.05) is 17.8 Å². The fraction of sp³-hybridized carbons (Fsp3) is 0.136. The number of amides is 1. The largest absolute Gasteiger partial charge is 0.331 e. The van der Waals surface area contributed by atoms with Gasteiger partial charge in [-0.25, -0.2) is 9.78 Å². The highest BCUT2D eigenvalue weighted by molar-refractivity contribution is 6.66. The summed E-state index contributed by atoms with van der Waals surface area (Å²) in [7, 11) is 0. The summed E-state index contributed by atoms with van der Waals surface area (Å²) in [5.74, 6) is 0.0428. The predicted octanol–water partition coefficient (Wildman–Crippen LogP) is 6.12. The molecule has 0 atom stereocenters. The van der Waals surface area contributed by atoms with Crippen LogP contribution in [0.1, 0.15) is 17.1 Å². The average Bonchev–Trinajstić information content (AvgIpc) is 3.18. The van der Waals surface area contributed by atoms with Crippen LogP contribution in [0.25, 0.3) is 10.9 Å². The third-order valence-corrected chi connectivity index (χ3v) is 5.12. The second-order valence-corrected chi connectivity index (χ2v) is 9.00. The molecule has 0 bridgehead atoms. The maximum absolute atomic E-state index is 13.0. The van der Waals surface area contributed by atoms with Gasteiger partial charge in [-0.05, 0) is 30.5 Å². The quantitative estimate of drug-likeness (QED) is 0.374. The molecule has 5 nitrogen and oxygen atoms in total. The van der Waals surface area contributed by atoms with Gasteiger partial charge in [0.1, 0.15) is 0 Å². The molecule has 4 rings (SSSR count). The van der Waals surface area contributed by atoms with Crippen molar-refractivity contribution in [3.8, 4) is 0 Å². The molecule has 0 radical (unpaired) electrons. The minimum absolute atomic E-state index is 0.0428. The van der Waals surface area contributed by atoms with Crippen molar-refractivity contribution in [2.24, 2.45) is 0 Å². The van der Waals surface area contributed by atoms with E-state index in [9.17, 15) is 4.79 Å². The molecule has 0 spiro atoms. The van der Waals surface area contributed by atoms with Crippen LogP contribution in [0.5, 0.6) is 0 Å². The van der Waals surface area contributed by atoms with Crippen LogP contribution >= 0.6 is 34.8 Å². The molecule has 0 aliphatic heterocycles. The van der Waals surface area contributed by atoms with Crippen molar-refractivity contribution in [2.45, 2.75) is 16.6 Å². The molecule has 0 unspecified atom stereocenters. The first kappa shape index (κ1) is 20.7. The fourth-order valence-electron chi connectivity index (χ4n) is 3.20. The zero-order chi connectivity index (χ0) is 21.1. The number of halogens is 3. The number of aryl methyl sites for hydroxylation is 2. The first-order valence-corrected chi connectivity index (χ1v) is 10.4. The second kappa shape index (κ2) is 8.64. The van der Waals surface area contributed by atoms with Crippen molar-refractivity contribution in [2.75, 3.05) is 5.32 Å². The van der Waals surface area contributed by atoms with Crippen molar-refractivity contribution in [3.05, 3.63) is 90.1 Å². The number of anilines is 1. The van der Waals surface area contributed by atoms with Gasteiger partial charge >= 0.3 is 6.03 Å². The van der Waals surface area contributed by atoms with E-state index in [1.54, 1.807) is 18.5 Å². The highest BCUT2D eigenvalue weighted by Crippen LogP contribution is 2.37. The number of carbonyl (C=O) groups excluding carboxylic acids is 1. The molecule has 2 aromatic heterocycles. The van der Waals surface area contributed by atoms with E-state index in [4.69, 9.17) is 34.8 Å². The number of hydrogen-bond donors (Lipinski definition) is 1. The molecular weight excluding hydrogens is 443 g/mol. The van der Waals surface area contributed by atoms with Crippen LogP contribution in [0.15, 0.2) is 73.1 Å². The van der Waals surface area contributed by atoms with Gasteiger partial charge in [-0.2, -0.15) is 0 Å². The maximum Gasteiger partial charge on any atom is 0.331 e. The monoisotopic (exact) mass is 458 g/mol. The number of hydrogen-bond acceptors (Lipinski definition) is 3. The number of alkyl halides is 3. The molecule has 0 saturated heterocycles. The lowest BCUT2D eigenvalue weighted by Crippen LogP contribution is -2.24. The summed E-state index contributed by atoms with van der Waals surface area (Å²) < 4.78 is -0.603. The summed E-state index contributed by atoms with van der Waals surface area (Å²) in [4.78, 5) is 21.8. The molecule has 0 saturated carbocycles. The van der Waals surface area contributed by atoms with E-state index >= 15 is 0 Å². The number of pyridine rings is 1. The Morgan fingerprint density at radius 2 is 1.73 bits per heavy atom. The van der Waals surface area contributed by atoms with Gasteiger partial charge in [0.05, 0.1) is 16.9 Å². The second-order valence-electron chi connectivity index (χ2n) is 6.72. The maximum atomic E-state index is 13.0. The van der Waals surface area contributed by atoms with Gasteiger partial charge in [-0.3, -0.25) is 9.55 Å². The third kappa shape index (κ3) is 4.59. The van der Waals surface area contributed by atoms with E-state index in [1.807, 2.05) is 54.6 Å². The molecule has 1 amide bonds. The molecule has 152 valence electrons. The number of para-hydroxylation sites is 1. The van der Waals surface area contributed by atoms with Crippen LogP contribution in [-0.2, 0) is 16.6 Å². The van der Waals surface area contributed by atoms with Crippen LogP contribution in [0.4, 0.5) is 10.5 Å². The van der Waals surface area contributed by atoms with E-state index in [1.165, 1.54) is 4.57 Å². The Labute approximate surface area is 188 Å². The normalized spacial score (nSPS) is 11.6. The molecule has 2 heterocycles. The molecule has 1 N–H and O–H groups in total. The summed E-state index contributed by atoms with van der Waals surface area (Å²) in [6.45, 7) is 0. The minimum atomic E-state index is -1.85. The third-order valence-electron chi connectivity index (χ3n) is 4.62. The molecule has 0 fully saturated rings. The first-order valence-electron chi connectivity index (χ1n) is 9.26. The summed E-state index contributed by atoms with van der Waals surface area (Å²) >= 11 is 18.3. The zero-order valence-corrected chi connectivity index (χ0v) is 18.0. The topological polar surface area (TPSA) is 59.8 Å². The highest BCUT2D eigenvalue weighted by Gasteiger charge is 2.32. The fourth-order valence-corrected chi connectivity index (χ4v) is 3.60. The number of aromatic nitrogens is 3. The zero-order valence-electron chi connectivity index (χ0n) is 15.7. The van der Waals surface area contributed by atoms with E-state index in [2.05, 4.69) is 15.3 Å². The summed E-state index contributed by atoms with van der Waals surface area (Å²) in [5.41, 5.74) is 3.06. The first-order chi connectivity index (χ1) is 14.4. The van der Waals surface area contributed by atoms with Crippen LogP contribution in [0.2, 0.25) is 0 Å². The Bertz CT molecular complexity index is 1180. The van der Waals surface area contributed by atoms with Crippen LogP contribution in [-0.4, -0.2) is 20.6 Å². The van der Waals surface area contributed by atoms with Crippen LogP contribution in [0.3, 0.4) is 0 Å². The molecule has 4 aromatic rings. The SMILES string of the molecule is O=C(Nc1cccc2cccnc12)n1cc(CCc2ccccc2)nc1C(Cl)(Cl)Cl. The van der Waals surface area contributed by atoms with Gasteiger partial charge in [-0.1, -0.05) is 83.3 Å². The van der Waals surface area contributed by atoms with E-state index in [0.717, 1.165) is 17.4 Å². The number of carbonyl (C=O) groups is 1. The molecule has 8 heteroatoms. The molecular formula is C22H17Cl3N4O. The summed E-state index contributed by atoms with van der Waals surface area (Å²) in [5, 5.41) is 3.75. The van der Waals surface area contributed by atoms with Crippen molar-refractivity contribution in [1.29, 1.82) is 0 Å². The standard InChI is InChI=1S/C22H17Cl3N4O/c23-22(24,25)20-27-17(12-11-15-6-2-1-3-7-15)14-29(20)21(30)28-18-10-4-8-16-9-5-13-26-19(16)18/h1-10,13-14H,11-12H2,(H,28,30). The van der Waals surface area contributed by atoms with Gasteiger partial charge < -0.3 is 5.32 Å². The lowest BCUT2D eigenvalue weighted by atomic mass is 10.1. The van der Waals surface area contributed by atoms with Gasteiger partial charge in [0.15, 0.2) is 5.82 Å². The molecule has 2 aromatic carbocycles. The number of imidazole rings is 1. The van der Waals surface area contributed by atoms with Gasteiger partial charge in [0.2, 0.25) is 3.79 Å². The van der Waals surface area contributed by atoms with Crippen molar-refractivity contribution in [1.82, 2.24) is 14.5 Å². The van der Waals surface area contributed by atoms with E-state index in [0.29, 0.717) is 23.3 Å². The predicted molar refractivity (Wildman–Crippen MR) is 121 cm³/mol. The van der Waals surface area contributed by atoms with E-state index in [-0.39, 0.29) is 5.82 Å². The van der Waals surface area contributed by atoms with Crippen LogP contribution < -0.4 is 5.32 Å². The molecule has 0 aliphatic carbocycles. The Morgan fingerprint density at radius 1 is 0.967 bits per heavy atom. The van der Waals surface area contributed by atoms with Gasteiger partial charge in [0.25, 0.3) is 0 Å². The van der Waals surface area contributed by atoms with E-state index < -0.39 is 9.82 Å². The Morgan fingerprint density at radius 3 is 2.50 bits per heavy atom. The number of rotatable bonds is 4. The van der Waals surface area contributed by atoms with Crippen molar-refractivity contribution >= 4 is 57.4 Å². The lowest BCUT2D eigenvalue weighted by molar-refractivity contribution is 0.253. The Hall–Kier alpha value is -2.60. The summed E-state index contributed by atoms with van der Waals surface area (Å²) in [6, 6.07) is 18.8. The van der Waals surface area contributed by atoms with Crippen molar-refractivity contribution < 1.29 is 4.79 Å². The van der Waals surface area contributed by atoms with Crippen LogP contribution in [0, 0.1) is 0 Å². The average molecular weight is 460 g/mol. The van der Waals surface area contributed by atoms with Gasteiger partial charge in [-0.15, -0.1) is 0 Å². The molecule has 30 heavy (non-hydrogen) atoms. The lowest BCUT2D eigenvalue weighted by Gasteiger charge is -2.14. The number of nitrogens with zero attached hydrogens (tertiary/aromatic N) is 3. The van der Waals surface area contributed by atoms with Crippen molar-refractivity contribution in [3.63, 3.8) is 0 Å².